The molecule has 0 rings (SSSR count). The van der Waals surface area contributed by atoms with Gasteiger partial charge in [-0.2, -0.15) is 0 Å². The minimum Gasteiger partial charge on any atom is -0.394 e. The molecule has 4 N–H and O–H groups in total. The Balaban J connectivity index is 3.46. The molecule has 0 saturated heterocycles. The molecule has 0 spiro atoms. The van der Waals surface area contributed by atoms with Gasteiger partial charge in [-0.15, -0.1) is 0 Å². The van der Waals surface area contributed by atoms with Gasteiger partial charge in [0.1, 0.15) is 6.04 Å². The van der Waals surface area contributed by atoms with Crippen LogP contribution in [0.5, 0.6) is 0 Å². The Hall–Kier alpha value is -0.610. The first-order valence-electron chi connectivity index (χ1n) is 2.30. The summed E-state index contributed by atoms with van der Waals surface area (Å²) in [6.45, 7) is -0.306. The number of hydrogen-bond acceptors (Lipinski definition) is 3. The normalized spacial score (nSPS) is 12.9. The van der Waals surface area contributed by atoms with E-state index >= 15 is 0 Å². The van der Waals surface area contributed by atoms with Crippen LogP contribution in [-0.2, 0) is 4.79 Å². The smallest absolute Gasteiger partial charge is 0.239 e. The summed E-state index contributed by atoms with van der Waals surface area (Å²) in [6.07, 6.45) is 0. The Kier molecular flexibility index (Phi) is 3.14. The topological polar surface area (TPSA) is 75.4 Å². The Morgan fingerprint density at radius 1 is 2.00 bits per heavy atom. The SMILES string of the molecule is CNC(=O)[C@H](N)CO. The summed E-state index contributed by atoms with van der Waals surface area (Å²) < 4.78 is 0. The van der Waals surface area contributed by atoms with Gasteiger partial charge in [0.25, 0.3) is 0 Å². The van der Waals surface area contributed by atoms with Crippen LogP contribution in [0.25, 0.3) is 0 Å². The second kappa shape index (κ2) is 3.40. The highest BCUT2D eigenvalue weighted by atomic mass is 16.3. The van der Waals surface area contributed by atoms with Crippen molar-refractivity contribution in [1.82, 2.24) is 5.32 Å². The molecule has 0 aliphatic carbocycles. The molecule has 0 fully saturated rings. The molecule has 0 aliphatic heterocycles. The first kappa shape index (κ1) is 7.39. The van der Waals surface area contributed by atoms with Crippen LogP contribution in [0.1, 0.15) is 0 Å². The summed E-state index contributed by atoms with van der Waals surface area (Å²) in [5.74, 6) is -0.340. The van der Waals surface area contributed by atoms with E-state index in [9.17, 15) is 4.79 Å². The van der Waals surface area contributed by atoms with E-state index in [0.29, 0.717) is 0 Å². The van der Waals surface area contributed by atoms with Gasteiger partial charge in [-0.3, -0.25) is 4.79 Å². The Morgan fingerprint density at radius 3 is 2.62 bits per heavy atom. The van der Waals surface area contributed by atoms with Gasteiger partial charge >= 0.3 is 0 Å². The first-order chi connectivity index (χ1) is 3.72. The van der Waals surface area contributed by atoms with Crippen LogP contribution in [0.2, 0.25) is 0 Å². The summed E-state index contributed by atoms with van der Waals surface area (Å²) in [5, 5.41) is 10.5. The molecule has 0 aromatic carbocycles. The fraction of sp³-hybridized carbons (Fsp3) is 0.750. The zero-order chi connectivity index (χ0) is 6.57. The maximum absolute atomic E-state index is 10.3. The molecule has 8 heavy (non-hydrogen) atoms. The lowest BCUT2D eigenvalue weighted by Gasteiger charge is -2.03. The number of nitrogens with one attached hydrogen (secondary N) is 1. The third kappa shape index (κ3) is 1.90. The average Bonchev–Trinajstić information content (AvgIpc) is 1.84. The van der Waals surface area contributed by atoms with Crippen molar-refractivity contribution in [2.75, 3.05) is 13.7 Å². The summed E-state index contributed by atoms with van der Waals surface area (Å²) in [5.41, 5.74) is 5.06. The van der Waals surface area contributed by atoms with Crippen LogP contribution in [0.3, 0.4) is 0 Å². The fourth-order valence-corrected chi connectivity index (χ4v) is 0.268. The molecule has 0 aromatic heterocycles. The van der Waals surface area contributed by atoms with Gasteiger partial charge in [-0.1, -0.05) is 0 Å². The van der Waals surface area contributed by atoms with Gasteiger partial charge < -0.3 is 16.2 Å². The van der Waals surface area contributed by atoms with Crippen LogP contribution in [0.15, 0.2) is 0 Å². The van der Waals surface area contributed by atoms with Crippen molar-refractivity contribution in [3.05, 3.63) is 0 Å². The van der Waals surface area contributed by atoms with Gasteiger partial charge in [-0.25, -0.2) is 0 Å². The van der Waals surface area contributed by atoms with Gasteiger partial charge in [0.05, 0.1) is 6.61 Å². The Morgan fingerprint density at radius 2 is 2.50 bits per heavy atom. The number of amides is 1. The number of nitrogens with two attached hydrogens (primary N) is 1. The zero-order valence-electron chi connectivity index (χ0n) is 4.72. The van der Waals surface area contributed by atoms with E-state index in [-0.39, 0.29) is 12.5 Å². The van der Waals surface area contributed by atoms with E-state index < -0.39 is 6.04 Å². The lowest BCUT2D eigenvalue weighted by molar-refractivity contribution is -0.122. The lowest BCUT2D eigenvalue weighted by Crippen LogP contribution is -2.41. The second-order valence-electron chi connectivity index (χ2n) is 1.40. The van der Waals surface area contributed by atoms with Crippen LogP contribution < -0.4 is 11.1 Å². The molecule has 0 heterocycles. The molecule has 4 heteroatoms. The quantitative estimate of drug-likeness (QED) is 0.394. The minimum atomic E-state index is -0.778. The van der Waals surface area contributed by atoms with Crippen molar-refractivity contribution >= 4 is 5.91 Å². The van der Waals surface area contributed by atoms with E-state index in [2.05, 4.69) is 5.32 Å². The molecule has 0 unspecified atom stereocenters. The second-order valence-corrected chi connectivity index (χ2v) is 1.40. The Bertz CT molecular complexity index is 84.1. The molecule has 0 aliphatic rings. The highest BCUT2D eigenvalue weighted by Gasteiger charge is 2.07. The van der Waals surface area contributed by atoms with E-state index in [4.69, 9.17) is 10.8 Å². The third-order valence-corrected chi connectivity index (χ3v) is 0.780. The van der Waals surface area contributed by atoms with Crippen LogP contribution in [-0.4, -0.2) is 30.7 Å². The maximum atomic E-state index is 10.3. The highest BCUT2D eigenvalue weighted by molar-refractivity contribution is 5.81. The molecule has 0 radical (unpaired) electrons. The monoisotopic (exact) mass is 118 g/mol. The van der Waals surface area contributed by atoms with E-state index in [1.54, 1.807) is 0 Å². The molecule has 0 saturated carbocycles. The van der Waals surface area contributed by atoms with Crippen molar-refractivity contribution in [3.63, 3.8) is 0 Å². The molecular formula is C4H10N2O2. The lowest BCUT2D eigenvalue weighted by atomic mass is 10.3. The van der Waals surface area contributed by atoms with Gasteiger partial charge in [0.15, 0.2) is 0 Å². The predicted octanol–water partition coefficient (Wildman–Crippen LogP) is -1.95. The minimum absolute atomic E-state index is 0.306. The summed E-state index contributed by atoms with van der Waals surface area (Å²) in [7, 11) is 1.47. The van der Waals surface area contributed by atoms with E-state index in [1.165, 1.54) is 7.05 Å². The van der Waals surface area contributed by atoms with Gasteiger partial charge in [0.2, 0.25) is 5.91 Å². The Labute approximate surface area is 47.7 Å². The third-order valence-electron chi connectivity index (χ3n) is 0.780. The summed E-state index contributed by atoms with van der Waals surface area (Å²) >= 11 is 0. The standard InChI is InChI=1S/C4H10N2O2/c1-6-4(8)3(5)2-7/h3,7H,2,5H2,1H3,(H,6,8)/t3-/m1/s1. The molecule has 0 aromatic rings. The van der Waals surface area contributed by atoms with Crippen molar-refractivity contribution in [2.24, 2.45) is 5.73 Å². The number of likely N-dealkylation sites (N-methyl/N-ethyl adjacent to an activating group) is 1. The molecule has 1 atom stereocenters. The number of carbonyl (C=O) groups excluding carboxylic acids is 1. The predicted molar refractivity (Wildman–Crippen MR) is 29.1 cm³/mol. The highest BCUT2D eigenvalue weighted by Crippen LogP contribution is 1.71. The fourth-order valence-electron chi connectivity index (χ4n) is 0.268. The average molecular weight is 118 g/mol. The number of hydrogen-bond donors (Lipinski definition) is 3. The number of rotatable bonds is 2. The summed E-state index contributed by atoms with van der Waals surface area (Å²) in [4.78, 5) is 10.3. The van der Waals surface area contributed by atoms with Crippen molar-refractivity contribution in [1.29, 1.82) is 0 Å². The summed E-state index contributed by atoms with van der Waals surface area (Å²) in [6, 6.07) is -0.778. The number of aliphatic hydroxyl groups is 1. The van der Waals surface area contributed by atoms with Gasteiger partial charge in [0, 0.05) is 7.05 Å². The number of carbonyl (C=O) groups is 1. The van der Waals surface area contributed by atoms with Gasteiger partial charge in [-0.05, 0) is 0 Å². The largest absolute Gasteiger partial charge is 0.394 e. The molecule has 4 nitrogen and oxygen atoms in total. The molecule has 0 bridgehead atoms. The van der Waals surface area contributed by atoms with Crippen LogP contribution >= 0.6 is 0 Å². The maximum Gasteiger partial charge on any atom is 0.239 e. The molecule has 48 valence electrons. The van der Waals surface area contributed by atoms with Crippen LogP contribution in [0.4, 0.5) is 0 Å². The van der Waals surface area contributed by atoms with Crippen molar-refractivity contribution < 1.29 is 9.90 Å². The number of aliphatic hydroxyl groups excluding tert-OH is 1. The van der Waals surface area contributed by atoms with E-state index in [0.717, 1.165) is 0 Å². The zero-order valence-corrected chi connectivity index (χ0v) is 4.72. The first-order valence-corrected chi connectivity index (χ1v) is 2.30. The van der Waals surface area contributed by atoms with Crippen molar-refractivity contribution in [3.8, 4) is 0 Å². The molecular weight excluding hydrogens is 108 g/mol. The van der Waals surface area contributed by atoms with E-state index in [1.807, 2.05) is 0 Å². The molecule has 1 amide bonds. The van der Waals surface area contributed by atoms with Crippen LogP contribution in [0, 0.1) is 0 Å². The van der Waals surface area contributed by atoms with Crippen molar-refractivity contribution in [2.45, 2.75) is 6.04 Å².